The third-order valence-electron chi connectivity index (χ3n) is 3.18. The predicted molar refractivity (Wildman–Crippen MR) is 85.1 cm³/mol. The van der Waals surface area contributed by atoms with Gasteiger partial charge in [-0.05, 0) is 36.1 Å². The van der Waals surface area contributed by atoms with Crippen molar-refractivity contribution in [3.8, 4) is 0 Å². The summed E-state index contributed by atoms with van der Waals surface area (Å²) in [6.07, 6.45) is 7.54. The molecular formula is C16H15N3S. The highest BCUT2D eigenvalue weighted by molar-refractivity contribution is 7.98. The number of hydrogen-bond acceptors (Lipinski definition) is 4. The molecule has 2 heterocycles. The molecule has 2 aromatic heterocycles. The van der Waals surface area contributed by atoms with E-state index in [0.29, 0.717) is 0 Å². The maximum Gasteiger partial charge on any atom is 0.134 e. The van der Waals surface area contributed by atoms with Gasteiger partial charge in [0, 0.05) is 40.8 Å². The monoisotopic (exact) mass is 281 g/mol. The van der Waals surface area contributed by atoms with Crippen molar-refractivity contribution in [2.45, 2.75) is 11.4 Å². The number of aromatic nitrogens is 2. The number of fused-ring (bicyclic) bond motifs is 1. The number of nitrogens with zero attached hydrogens (tertiary/aromatic N) is 2. The highest BCUT2D eigenvalue weighted by Gasteiger charge is 2.01. The summed E-state index contributed by atoms with van der Waals surface area (Å²) in [6.45, 7) is 0.767. The molecule has 3 aromatic rings. The van der Waals surface area contributed by atoms with Gasteiger partial charge in [-0.2, -0.15) is 0 Å². The predicted octanol–water partition coefficient (Wildman–Crippen LogP) is 3.96. The molecule has 0 aliphatic rings. The molecule has 100 valence electrons. The third-order valence-corrected chi connectivity index (χ3v) is 3.93. The van der Waals surface area contributed by atoms with E-state index in [1.54, 1.807) is 18.0 Å². The minimum Gasteiger partial charge on any atom is -0.365 e. The fraction of sp³-hybridized carbons (Fsp3) is 0.125. The number of nitrogens with one attached hydrogen (secondary N) is 1. The molecule has 4 heteroatoms. The summed E-state index contributed by atoms with van der Waals surface area (Å²) in [7, 11) is 0. The highest BCUT2D eigenvalue weighted by atomic mass is 32.2. The van der Waals surface area contributed by atoms with E-state index in [9.17, 15) is 0 Å². The van der Waals surface area contributed by atoms with Gasteiger partial charge in [0.1, 0.15) is 5.82 Å². The van der Waals surface area contributed by atoms with Gasteiger partial charge >= 0.3 is 0 Å². The van der Waals surface area contributed by atoms with Crippen LogP contribution in [0, 0.1) is 0 Å². The van der Waals surface area contributed by atoms with Crippen molar-refractivity contribution in [1.29, 1.82) is 0 Å². The van der Waals surface area contributed by atoms with Crippen LogP contribution in [-0.4, -0.2) is 16.2 Å². The fourth-order valence-electron chi connectivity index (χ4n) is 2.09. The molecule has 0 unspecified atom stereocenters. The van der Waals surface area contributed by atoms with Crippen molar-refractivity contribution in [3.05, 3.63) is 60.6 Å². The quantitative estimate of drug-likeness (QED) is 0.734. The molecule has 0 saturated carbocycles. The molecule has 1 aromatic carbocycles. The molecule has 0 aliphatic carbocycles. The van der Waals surface area contributed by atoms with E-state index in [0.717, 1.165) is 23.1 Å². The van der Waals surface area contributed by atoms with E-state index in [1.807, 2.05) is 24.5 Å². The van der Waals surface area contributed by atoms with Crippen LogP contribution in [0.4, 0.5) is 5.82 Å². The number of anilines is 1. The zero-order valence-corrected chi connectivity index (χ0v) is 12.0. The lowest BCUT2D eigenvalue weighted by molar-refractivity contribution is 1.11. The van der Waals surface area contributed by atoms with Gasteiger partial charge in [-0.25, -0.2) is 4.98 Å². The SMILES string of the molecule is CSc1ccc(CNc2nccc3cnccc23)cc1. The molecule has 0 saturated heterocycles. The lowest BCUT2D eigenvalue weighted by Gasteiger charge is -2.08. The Morgan fingerprint density at radius 1 is 1.05 bits per heavy atom. The average molecular weight is 281 g/mol. The summed E-state index contributed by atoms with van der Waals surface area (Å²) in [4.78, 5) is 9.83. The first-order chi connectivity index (χ1) is 9.86. The lowest BCUT2D eigenvalue weighted by atomic mass is 10.2. The Bertz CT molecular complexity index is 705. The van der Waals surface area contributed by atoms with Crippen LogP contribution in [0.25, 0.3) is 10.8 Å². The lowest BCUT2D eigenvalue weighted by Crippen LogP contribution is -2.01. The zero-order chi connectivity index (χ0) is 13.8. The Hall–Kier alpha value is -2.07. The number of benzene rings is 1. The maximum atomic E-state index is 4.41. The smallest absolute Gasteiger partial charge is 0.134 e. The molecule has 0 fully saturated rings. The first-order valence-electron chi connectivity index (χ1n) is 6.42. The molecule has 0 atom stereocenters. The summed E-state index contributed by atoms with van der Waals surface area (Å²) < 4.78 is 0. The van der Waals surface area contributed by atoms with Crippen molar-refractivity contribution in [1.82, 2.24) is 9.97 Å². The van der Waals surface area contributed by atoms with Crippen molar-refractivity contribution >= 4 is 28.4 Å². The van der Waals surface area contributed by atoms with Gasteiger partial charge in [0.15, 0.2) is 0 Å². The van der Waals surface area contributed by atoms with E-state index < -0.39 is 0 Å². The summed E-state index contributed by atoms with van der Waals surface area (Å²) >= 11 is 1.75. The number of pyridine rings is 2. The summed E-state index contributed by atoms with van der Waals surface area (Å²) in [5, 5.41) is 5.60. The largest absolute Gasteiger partial charge is 0.365 e. The second kappa shape index (κ2) is 5.92. The zero-order valence-electron chi connectivity index (χ0n) is 11.2. The molecule has 0 radical (unpaired) electrons. The van der Waals surface area contributed by atoms with Gasteiger partial charge in [-0.3, -0.25) is 4.98 Å². The third kappa shape index (κ3) is 2.75. The van der Waals surface area contributed by atoms with Crippen LogP contribution in [0.2, 0.25) is 0 Å². The van der Waals surface area contributed by atoms with Gasteiger partial charge in [0.2, 0.25) is 0 Å². The van der Waals surface area contributed by atoms with Crippen LogP contribution in [0.15, 0.2) is 59.9 Å². The average Bonchev–Trinajstić information content (AvgIpc) is 2.53. The summed E-state index contributed by atoms with van der Waals surface area (Å²) in [5.74, 6) is 0.902. The van der Waals surface area contributed by atoms with Crippen molar-refractivity contribution in [2.75, 3.05) is 11.6 Å². The van der Waals surface area contributed by atoms with Crippen LogP contribution >= 0.6 is 11.8 Å². The topological polar surface area (TPSA) is 37.8 Å². The normalized spacial score (nSPS) is 10.7. The Morgan fingerprint density at radius 3 is 2.70 bits per heavy atom. The second-order valence-corrected chi connectivity index (χ2v) is 5.34. The Balaban J connectivity index is 1.79. The van der Waals surface area contributed by atoms with E-state index in [4.69, 9.17) is 0 Å². The van der Waals surface area contributed by atoms with Crippen molar-refractivity contribution < 1.29 is 0 Å². The van der Waals surface area contributed by atoms with Crippen LogP contribution in [0.1, 0.15) is 5.56 Å². The molecule has 0 amide bonds. The van der Waals surface area contributed by atoms with Crippen molar-refractivity contribution in [2.24, 2.45) is 0 Å². The molecule has 3 nitrogen and oxygen atoms in total. The van der Waals surface area contributed by atoms with Gasteiger partial charge in [0.05, 0.1) is 0 Å². The standard InChI is InChI=1S/C16H15N3S/c1-20-14-4-2-12(3-5-14)10-19-16-15-7-8-17-11-13(15)6-9-18-16/h2-9,11H,10H2,1H3,(H,18,19). The minimum atomic E-state index is 0.767. The Morgan fingerprint density at radius 2 is 1.90 bits per heavy atom. The minimum absolute atomic E-state index is 0.767. The molecule has 0 bridgehead atoms. The number of thioether (sulfide) groups is 1. The van der Waals surface area contributed by atoms with Gasteiger partial charge < -0.3 is 5.32 Å². The molecule has 0 spiro atoms. The van der Waals surface area contributed by atoms with E-state index in [1.165, 1.54) is 10.5 Å². The van der Waals surface area contributed by atoms with E-state index in [-0.39, 0.29) is 0 Å². The molecule has 1 N–H and O–H groups in total. The van der Waals surface area contributed by atoms with E-state index >= 15 is 0 Å². The van der Waals surface area contributed by atoms with E-state index in [2.05, 4.69) is 45.8 Å². The van der Waals surface area contributed by atoms with Gasteiger partial charge in [-0.1, -0.05) is 12.1 Å². The summed E-state index contributed by atoms with van der Waals surface area (Å²) in [6, 6.07) is 12.5. The van der Waals surface area contributed by atoms with Crippen LogP contribution in [0.3, 0.4) is 0 Å². The van der Waals surface area contributed by atoms with Gasteiger partial charge in [-0.15, -0.1) is 11.8 Å². The molecular weight excluding hydrogens is 266 g/mol. The molecule has 3 rings (SSSR count). The summed E-state index contributed by atoms with van der Waals surface area (Å²) in [5.41, 5.74) is 1.25. The van der Waals surface area contributed by atoms with Crippen LogP contribution in [-0.2, 0) is 6.54 Å². The number of rotatable bonds is 4. The Labute approximate surface area is 122 Å². The van der Waals surface area contributed by atoms with Crippen LogP contribution < -0.4 is 5.32 Å². The molecule has 0 aliphatic heterocycles. The second-order valence-electron chi connectivity index (χ2n) is 4.46. The first kappa shape index (κ1) is 12.9. The highest BCUT2D eigenvalue weighted by Crippen LogP contribution is 2.20. The van der Waals surface area contributed by atoms with Gasteiger partial charge in [0.25, 0.3) is 0 Å². The Kier molecular flexibility index (Phi) is 3.83. The number of hydrogen-bond donors (Lipinski definition) is 1. The molecule has 20 heavy (non-hydrogen) atoms. The maximum absolute atomic E-state index is 4.41. The first-order valence-corrected chi connectivity index (χ1v) is 7.65. The van der Waals surface area contributed by atoms with Crippen molar-refractivity contribution in [3.63, 3.8) is 0 Å². The fourth-order valence-corrected chi connectivity index (χ4v) is 2.50. The van der Waals surface area contributed by atoms with Crippen LogP contribution in [0.5, 0.6) is 0 Å².